The van der Waals surface area contributed by atoms with Crippen molar-refractivity contribution in [2.75, 3.05) is 11.1 Å². The van der Waals surface area contributed by atoms with Crippen LogP contribution in [0.4, 0.5) is 11.8 Å². The molecule has 1 atom stereocenters. The molecule has 5 rings (SSSR count). The van der Waals surface area contributed by atoms with Crippen LogP contribution in [0, 0.1) is 5.92 Å². The summed E-state index contributed by atoms with van der Waals surface area (Å²) in [6.07, 6.45) is 6.26. The van der Waals surface area contributed by atoms with Crippen LogP contribution in [0.5, 0.6) is 0 Å². The van der Waals surface area contributed by atoms with Gasteiger partial charge in [-0.25, -0.2) is 9.97 Å². The van der Waals surface area contributed by atoms with Crippen molar-refractivity contribution in [3.05, 3.63) is 95.8 Å². The van der Waals surface area contributed by atoms with E-state index in [0.29, 0.717) is 24.8 Å². The number of carbonyl (C=O) groups is 1. The van der Waals surface area contributed by atoms with Crippen molar-refractivity contribution >= 4 is 17.7 Å². The number of hydrogen-bond donors (Lipinski definition) is 4. The third-order valence-electron chi connectivity index (χ3n) is 6.09. The van der Waals surface area contributed by atoms with Gasteiger partial charge in [-0.1, -0.05) is 60.7 Å². The zero-order valence-electron chi connectivity index (χ0n) is 18.9. The molecule has 1 fully saturated rings. The maximum Gasteiger partial charge on any atom is 0.224 e. The Kier molecular flexibility index (Phi) is 6.25. The number of nitrogens with one attached hydrogen (secondary N) is 3. The molecule has 1 unspecified atom stereocenters. The number of imidazole rings is 1. The highest BCUT2D eigenvalue weighted by Crippen LogP contribution is 2.42. The molecule has 1 saturated carbocycles. The Hall–Kier alpha value is -4.13. The minimum Gasteiger partial charge on any atom is -0.369 e. The summed E-state index contributed by atoms with van der Waals surface area (Å²) in [4.78, 5) is 24.0. The number of hydrogen-bond acceptors (Lipinski definition) is 5. The van der Waals surface area contributed by atoms with Gasteiger partial charge in [0.15, 0.2) is 5.95 Å². The number of H-pyrrole nitrogens is 1. The number of carbonyl (C=O) groups excluding carboxylic acids is 1. The average Bonchev–Trinajstić information content (AvgIpc) is 3.62. The van der Waals surface area contributed by atoms with Gasteiger partial charge in [0.05, 0.1) is 24.4 Å². The van der Waals surface area contributed by atoms with Gasteiger partial charge in [-0.2, -0.15) is 0 Å². The lowest BCUT2D eigenvalue weighted by atomic mass is 10.0. The molecule has 0 aliphatic heterocycles. The van der Waals surface area contributed by atoms with E-state index in [-0.39, 0.29) is 11.9 Å². The van der Waals surface area contributed by atoms with Crippen molar-refractivity contribution in [2.45, 2.75) is 31.8 Å². The van der Waals surface area contributed by atoms with Gasteiger partial charge in [0.2, 0.25) is 5.91 Å². The van der Waals surface area contributed by atoms with Crippen LogP contribution in [0.2, 0.25) is 0 Å². The molecule has 7 heteroatoms. The van der Waals surface area contributed by atoms with Crippen LogP contribution in [-0.2, 0) is 17.8 Å². The van der Waals surface area contributed by atoms with E-state index >= 15 is 0 Å². The van der Waals surface area contributed by atoms with Gasteiger partial charge < -0.3 is 21.4 Å². The number of amides is 1. The molecule has 1 amide bonds. The van der Waals surface area contributed by atoms with Crippen molar-refractivity contribution in [3.63, 3.8) is 0 Å². The van der Waals surface area contributed by atoms with E-state index in [2.05, 4.69) is 49.9 Å². The Morgan fingerprint density at radius 1 is 0.971 bits per heavy atom. The summed E-state index contributed by atoms with van der Waals surface area (Å²) in [7, 11) is 0. The molecule has 0 radical (unpaired) electrons. The lowest BCUT2D eigenvalue weighted by molar-refractivity contribution is -0.120. The van der Waals surface area contributed by atoms with Gasteiger partial charge in [-0.05, 0) is 47.1 Å². The maximum absolute atomic E-state index is 12.4. The average molecular weight is 453 g/mol. The van der Waals surface area contributed by atoms with Gasteiger partial charge in [0.25, 0.3) is 0 Å². The van der Waals surface area contributed by atoms with Crippen LogP contribution in [-0.4, -0.2) is 20.9 Å². The first-order valence-electron chi connectivity index (χ1n) is 11.6. The first kappa shape index (κ1) is 21.7. The van der Waals surface area contributed by atoms with Crippen LogP contribution < -0.4 is 16.4 Å². The molecule has 5 N–H and O–H groups in total. The standard InChI is InChI=1S/C27H28N6O/c28-27-31-17-23(32-27)20-9-6-18(7-10-20)15-30-25(34)14-19-8-13-24(29-16-19)33-26(22-11-12-22)21-4-2-1-3-5-21/h1-10,13,16-17,22,26H,11-12,14-15H2,(H,29,33)(H,30,34)(H3,28,31,32). The Morgan fingerprint density at radius 3 is 2.38 bits per heavy atom. The van der Waals surface area contributed by atoms with Crippen molar-refractivity contribution < 1.29 is 4.79 Å². The Bertz CT molecular complexity index is 1230. The summed E-state index contributed by atoms with van der Waals surface area (Å²) in [6, 6.07) is 22.6. The van der Waals surface area contributed by atoms with Crippen LogP contribution in [0.25, 0.3) is 11.3 Å². The summed E-state index contributed by atoms with van der Waals surface area (Å²) in [5, 5.41) is 6.56. The Labute approximate surface area is 198 Å². The van der Waals surface area contributed by atoms with Crippen molar-refractivity contribution in [1.82, 2.24) is 20.3 Å². The van der Waals surface area contributed by atoms with E-state index in [1.807, 2.05) is 42.5 Å². The molecule has 7 nitrogen and oxygen atoms in total. The minimum atomic E-state index is -0.0342. The summed E-state index contributed by atoms with van der Waals surface area (Å²) in [6.45, 7) is 0.470. The fourth-order valence-electron chi connectivity index (χ4n) is 4.07. The van der Waals surface area contributed by atoms with Gasteiger partial charge in [-0.3, -0.25) is 4.79 Å². The van der Waals surface area contributed by atoms with Crippen molar-refractivity contribution in [1.29, 1.82) is 0 Å². The van der Waals surface area contributed by atoms with Crippen LogP contribution >= 0.6 is 0 Å². The van der Waals surface area contributed by atoms with Crippen molar-refractivity contribution in [2.24, 2.45) is 5.92 Å². The summed E-state index contributed by atoms with van der Waals surface area (Å²) in [5.74, 6) is 1.85. The van der Waals surface area contributed by atoms with E-state index in [4.69, 9.17) is 5.73 Å². The summed E-state index contributed by atoms with van der Waals surface area (Å²) >= 11 is 0. The van der Waals surface area contributed by atoms with Gasteiger partial charge in [0, 0.05) is 12.7 Å². The molecule has 172 valence electrons. The number of nitrogens with zero attached hydrogens (tertiary/aromatic N) is 2. The minimum absolute atomic E-state index is 0.0342. The van der Waals surface area contributed by atoms with E-state index in [9.17, 15) is 4.79 Å². The number of rotatable bonds is 9. The van der Waals surface area contributed by atoms with Crippen molar-refractivity contribution in [3.8, 4) is 11.3 Å². The molecule has 2 aromatic carbocycles. The van der Waals surface area contributed by atoms with E-state index in [1.54, 1.807) is 12.4 Å². The molecule has 0 saturated heterocycles. The molecule has 4 aromatic rings. The van der Waals surface area contributed by atoms with E-state index in [0.717, 1.165) is 28.2 Å². The molecular formula is C27H28N6O. The third-order valence-corrected chi connectivity index (χ3v) is 6.09. The molecule has 34 heavy (non-hydrogen) atoms. The number of aromatic nitrogens is 3. The number of nitrogens with two attached hydrogens (primary N) is 1. The number of aromatic amines is 1. The number of anilines is 2. The van der Waals surface area contributed by atoms with Gasteiger partial charge in [0.1, 0.15) is 5.82 Å². The number of nitrogen functional groups attached to an aromatic ring is 1. The predicted molar refractivity (Wildman–Crippen MR) is 134 cm³/mol. The zero-order valence-corrected chi connectivity index (χ0v) is 18.9. The van der Waals surface area contributed by atoms with E-state index < -0.39 is 0 Å². The molecule has 0 spiro atoms. The topological polar surface area (TPSA) is 109 Å². The fraction of sp³-hybridized carbons (Fsp3) is 0.222. The monoisotopic (exact) mass is 452 g/mol. The summed E-state index contributed by atoms with van der Waals surface area (Å²) in [5.41, 5.74) is 10.7. The SMILES string of the molecule is Nc1ncc(-c2ccc(CNC(=O)Cc3ccc(NC(c4ccccc4)C4CC4)nc3)cc2)[nH]1. The predicted octanol–water partition coefficient (Wildman–Crippen LogP) is 4.48. The quantitative estimate of drug-likeness (QED) is 0.299. The summed E-state index contributed by atoms with van der Waals surface area (Å²) < 4.78 is 0. The molecule has 1 aliphatic carbocycles. The molecular weight excluding hydrogens is 424 g/mol. The maximum atomic E-state index is 12.4. The third kappa shape index (κ3) is 5.43. The highest BCUT2D eigenvalue weighted by molar-refractivity contribution is 5.78. The lowest BCUT2D eigenvalue weighted by Gasteiger charge is -2.19. The zero-order chi connectivity index (χ0) is 23.3. The molecule has 2 aromatic heterocycles. The van der Waals surface area contributed by atoms with Crippen LogP contribution in [0.1, 0.15) is 35.6 Å². The number of pyridine rings is 1. The molecule has 0 bridgehead atoms. The first-order valence-corrected chi connectivity index (χ1v) is 11.6. The highest BCUT2D eigenvalue weighted by atomic mass is 16.1. The lowest BCUT2D eigenvalue weighted by Crippen LogP contribution is -2.24. The molecule has 2 heterocycles. The number of benzene rings is 2. The highest BCUT2D eigenvalue weighted by Gasteiger charge is 2.32. The van der Waals surface area contributed by atoms with E-state index in [1.165, 1.54) is 18.4 Å². The second-order valence-corrected chi connectivity index (χ2v) is 8.75. The second-order valence-electron chi connectivity index (χ2n) is 8.75. The van der Waals surface area contributed by atoms with Gasteiger partial charge in [-0.15, -0.1) is 0 Å². The first-order chi connectivity index (χ1) is 16.6. The largest absolute Gasteiger partial charge is 0.369 e. The van der Waals surface area contributed by atoms with Crippen LogP contribution in [0.3, 0.4) is 0 Å². The Balaban J connectivity index is 1.12. The normalized spacial score (nSPS) is 13.9. The smallest absolute Gasteiger partial charge is 0.224 e. The second kappa shape index (κ2) is 9.79. The Morgan fingerprint density at radius 2 is 1.74 bits per heavy atom. The van der Waals surface area contributed by atoms with Crippen LogP contribution in [0.15, 0.2) is 79.1 Å². The fourth-order valence-corrected chi connectivity index (χ4v) is 4.07. The molecule has 1 aliphatic rings. The van der Waals surface area contributed by atoms with Gasteiger partial charge >= 0.3 is 0 Å².